The number of hydrogen-bond donors (Lipinski definition) is 0. The molecule has 0 radical (unpaired) electrons. The molecule has 1 aliphatic carbocycles. The monoisotopic (exact) mass is 692 g/mol. The molecular weight excluding hydrogens is 653 g/mol. The lowest BCUT2D eigenvalue weighted by Gasteiger charge is -2.27. The van der Waals surface area contributed by atoms with Gasteiger partial charge in [-0.2, -0.15) is 0 Å². The number of para-hydroxylation sites is 1. The summed E-state index contributed by atoms with van der Waals surface area (Å²) in [6, 6.07) is 69.0. The van der Waals surface area contributed by atoms with Gasteiger partial charge in [-0.1, -0.05) is 135 Å². The van der Waals surface area contributed by atoms with Gasteiger partial charge in [0.05, 0.1) is 11.0 Å². The maximum atomic E-state index is 2.42. The number of aromatic nitrogens is 1. The highest BCUT2D eigenvalue weighted by atomic mass is 15.1. The normalized spacial score (nSPS) is 12.9. The first-order chi connectivity index (χ1) is 26.4. The molecule has 1 aliphatic rings. The quantitative estimate of drug-likeness (QED) is 0.168. The summed E-state index contributed by atoms with van der Waals surface area (Å²) in [6.45, 7) is 6.89. The standard InChI is InChI=1S/C52H40N2/c1-35-21-29-50-46(31-35)47-34-43(27-30-51(47)54(50)40-16-8-5-9-17-40)53(41-25-22-37(23-26-41)36-13-6-4-7-14-36)42-18-12-15-38(32-42)39-24-28-45-44-19-10-11-20-48(44)52(2,3)49(45)33-39/h4-34H,1-3H3. The third kappa shape index (κ3) is 5.17. The molecule has 8 aromatic carbocycles. The SMILES string of the molecule is Cc1ccc2c(c1)c1cc(N(c3ccc(-c4ccccc4)cc3)c3cccc(-c4ccc5c(c4)C(C)(C)c4ccccc4-5)c3)ccc1n2-c1ccccc1. The van der Waals surface area contributed by atoms with E-state index in [0.29, 0.717) is 0 Å². The molecule has 10 rings (SSSR count). The Labute approximate surface area is 317 Å². The van der Waals surface area contributed by atoms with Gasteiger partial charge in [0.2, 0.25) is 0 Å². The molecule has 258 valence electrons. The fourth-order valence-corrected chi connectivity index (χ4v) is 8.71. The summed E-state index contributed by atoms with van der Waals surface area (Å²) in [5.41, 5.74) is 18.4. The molecule has 1 aromatic heterocycles. The maximum absolute atomic E-state index is 2.42. The lowest BCUT2D eigenvalue weighted by atomic mass is 9.81. The molecule has 0 aliphatic heterocycles. The van der Waals surface area contributed by atoms with Crippen LogP contribution in [0.2, 0.25) is 0 Å². The van der Waals surface area contributed by atoms with Crippen LogP contribution in [0.25, 0.3) is 60.9 Å². The van der Waals surface area contributed by atoms with Gasteiger partial charge in [-0.25, -0.2) is 0 Å². The van der Waals surface area contributed by atoms with Crippen LogP contribution in [0.15, 0.2) is 188 Å². The smallest absolute Gasteiger partial charge is 0.0542 e. The molecule has 0 bridgehead atoms. The molecule has 0 saturated carbocycles. The topological polar surface area (TPSA) is 8.17 Å². The average Bonchev–Trinajstić information content (AvgIpc) is 3.66. The lowest BCUT2D eigenvalue weighted by molar-refractivity contribution is 0.660. The van der Waals surface area contributed by atoms with Crippen molar-refractivity contribution in [2.24, 2.45) is 0 Å². The first-order valence-corrected chi connectivity index (χ1v) is 18.8. The van der Waals surface area contributed by atoms with E-state index in [1.54, 1.807) is 0 Å². The fourth-order valence-electron chi connectivity index (χ4n) is 8.71. The zero-order valence-electron chi connectivity index (χ0n) is 30.8. The van der Waals surface area contributed by atoms with E-state index < -0.39 is 0 Å². The Morgan fingerprint density at radius 1 is 0.407 bits per heavy atom. The molecule has 0 amide bonds. The van der Waals surface area contributed by atoms with Crippen molar-refractivity contribution in [3.63, 3.8) is 0 Å². The largest absolute Gasteiger partial charge is 0.310 e. The van der Waals surface area contributed by atoms with Crippen LogP contribution in [-0.2, 0) is 5.41 Å². The Morgan fingerprint density at radius 2 is 0.981 bits per heavy atom. The molecule has 0 spiro atoms. The Bertz CT molecular complexity index is 2840. The van der Waals surface area contributed by atoms with Crippen molar-refractivity contribution in [3.8, 4) is 39.1 Å². The fraction of sp³-hybridized carbons (Fsp3) is 0.0769. The molecule has 54 heavy (non-hydrogen) atoms. The molecule has 9 aromatic rings. The van der Waals surface area contributed by atoms with Crippen molar-refractivity contribution < 1.29 is 0 Å². The van der Waals surface area contributed by atoms with E-state index >= 15 is 0 Å². The molecule has 2 heteroatoms. The first-order valence-electron chi connectivity index (χ1n) is 18.8. The van der Waals surface area contributed by atoms with Crippen molar-refractivity contribution in [2.45, 2.75) is 26.2 Å². The lowest BCUT2D eigenvalue weighted by Crippen LogP contribution is -2.14. The predicted octanol–water partition coefficient (Wildman–Crippen LogP) is 14.2. The molecular formula is C52H40N2. The molecule has 0 atom stereocenters. The first kappa shape index (κ1) is 32.0. The van der Waals surface area contributed by atoms with E-state index in [4.69, 9.17) is 0 Å². The van der Waals surface area contributed by atoms with Crippen molar-refractivity contribution in [3.05, 3.63) is 205 Å². The average molecular weight is 693 g/mol. The summed E-state index contributed by atoms with van der Waals surface area (Å²) in [5.74, 6) is 0. The van der Waals surface area contributed by atoms with Gasteiger partial charge >= 0.3 is 0 Å². The molecule has 0 saturated heterocycles. The van der Waals surface area contributed by atoms with Crippen LogP contribution in [0.4, 0.5) is 17.1 Å². The molecule has 0 fully saturated rings. The zero-order chi connectivity index (χ0) is 36.4. The van der Waals surface area contributed by atoms with Crippen LogP contribution >= 0.6 is 0 Å². The summed E-state index contributed by atoms with van der Waals surface area (Å²) in [4.78, 5) is 2.41. The summed E-state index contributed by atoms with van der Waals surface area (Å²) in [6.07, 6.45) is 0. The third-order valence-corrected chi connectivity index (χ3v) is 11.4. The number of benzene rings is 8. The summed E-state index contributed by atoms with van der Waals surface area (Å²) < 4.78 is 2.39. The zero-order valence-corrected chi connectivity index (χ0v) is 30.8. The van der Waals surface area contributed by atoms with Crippen molar-refractivity contribution in [2.75, 3.05) is 4.90 Å². The number of aryl methyl sites for hydroxylation is 1. The van der Waals surface area contributed by atoms with E-state index in [2.05, 4.69) is 218 Å². The second-order valence-electron chi connectivity index (χ2n) is 15.1. The summed E-state index contributed by atoms with van der Waals surface area (Å²) >= 11 is 0. The summed E-state index contributed by atoms with van der Waals surface area (Å²) in [5, 5.41) is 2.49. The highest BCUT2D eigenvalue weighted by molar-refractivity contribution is 6.11. The Morgan fingerprint density at radius 3 is 1.78 bits per heavy atom. The minimum absolute atomic E-state index is 0.0568. The van der Waals surface area contributed by atoms with Crippen LogP contribution in [0.5, 0.6) is 0 Å². The van der Waals surface area contributed by atoms with Gasteiger partial charge in [0, 0.05) is 38.9 Å². The molecule has 1 heterocycles. The van der Waals surface area contributed by atoms with Gasteiger partial charge in [-0.15, -0.1) is 0 Å². The van der Waals surface area contributed by atoms with Crippen LogP contribution in [-0.4, -0.2) is 4.57 Å². The molecule has 0 N–H and O–H groups in total. The molecule has 2 nitrogen and oxygen atoms in total. The number of rotatable bonds is 6. The van der Waals surface area contributed by atoms with E-state index in [0.717, 1.165) is 22.7 Å². The number of fused-ring (bicyclic) bond motifs is 6. The van der Waals surface area contributed by atoms with E-state index in [1.165, 1.54) is 71.9 Å². The summed E-state index contributed by atoms with van der Waals surface area (Å²) in [7, 11) is 0. The second-order valence-corrected chi connectivity index (χ2v) is 15.1. The van der Waals surface area contributed by atoms with Gasteiger partial charge in [-0.05, 0) is 124 Å². The Hall–Kier alpha value is -6.64. The minimum Gasteiger partial charge on any atom is -0.310 e. The minimum atomic E-state index is -0.0568. The highest BCUT2D eigenvalue weighted by Gasteiger charge is 2.35. The van der Waals surface area contributed by atoms with Crippen molar-refractivity contribution >= 4 is 38.9 Å². The van der Waals surface area contributed by atoms with E-state index in [-0.39, 0.29) is 5.41 Å². The Balaban J connectivity index is 1.14. The van der Waals surface area contributed by atoms with Gasteiger partial charge in [0.15, 0.2) is 0 Å². The number of anilines is 3. The van der Waals surface area contributed by atoms with Crippen LogP contribution in [0, 0.1) is 6.92 Å². The van der Waals surface area contributed by atoms with Crippen molar-refractivity contribution in [1.29, 1.82) is 0 Å². The number of hydrogen-bond acceptors (Lipinski definition) is 1. The van der Waals surface area contributed by atoms with Gasteiger partial charge in [0.1, 0.15) is 0 Å². The van der Waals surface area contributed by atoms with E-state index in [1.807, 2.05) is 0 Å². The van der Waals surface area contributed by atoms with Crippen LogP contribution in [0.1, 0.15) is 30.5 Å². The van der Waals surface area contributed by atoms with Crippen LogP contribution < -0.4 is 4.90 Å². The van der Waals surface area contributed by atoms with Gasteiger partial charge in [0.25, 0.3) is 0 Å². The van der Waals surface area contributed by atoms with E-state index in [9.17, 15) is 0 Å². The number of nitrogens with zero attached hydrogens (tertiary/aromatic N) is 2. The third-order valence-electron chi connectivity index (χ3n) is 11.4. The van der Waals surface area contributed by atoms with Crippen LogP contribution in [0.3, 0.4) is 0 Å². The van der Waals surface area contributed by atoms with Gasteiger partial charge in [-0.3, -0.25) is 0 Å². The maximum Gasteiger partial charge on any atom is 0.0542 e. The molecule has 0 unspecified atom stereocenters. The highest BCUT2D eigenvalue weighted by Crippen LogP contribution is 2.50. The second kappa shape index (κ2) is 12.5. The Kier molecular flexibility index (Phi) is 7.42. The van der Waals surface area contributed by atoms with Gasteiger partial charge < -0.3 is 9.47 Å². The predicted molar refractivity (Wildman–Crippen MR) is 229 cm³/mol. The van der Waals surface area contributed by atoms with Crippen molar-refractivity contribution in [1.82, 2.24) is 4.57 Å².